The number of aromatic nitrogens is 1. The fourth-order valence-electron chi connectivity index (χ4n) is 2.07. The highest BCUT2D eigenvalue weighted by molar-refractivity contribution is 5.62. The van der Waals surface area contributed by atoms with E-state index in [1.807, 2.05) is 31.2 Å². The largest absolute Gasteiger partial charge is 0.494 e. The summed E-state index contributed by atoms with van der Waals surface area (Å²) in [7, 11) is 0. The summed E-state index contributed by atoms with van der Waals surface area (Å²) in [5.41, 5.74) is 8.41. The number of benzene rings is 1. The van der Waals surface area contributed by atoms with Crippen molar-refractivity contribution >= 4 is 0 Å². The predicted molar refractivity (Wildman–Crippen MR) is 79.6 cm³/mol. The highest BCUT2D eigenvalue weighted by Crippen LogP contribution is 2.27. The summed E-state index contributed by atoms with van der Waals surface area (Å²) in [5, 5.41) is 3.97. The van der Waals surface area contributed by atoms with E-state index in [4.69, 9.17) is 15.0 Å². The Labute approximate surface area is 119 Å². The molecule has 1 heterocycles. The van der Waals surface area contributed by atoms with E-state index in [2.05, 4.69) is 12.1 Å². The molecule has 0 radical (unpaired) electrons. The van der Waals surface area contributed by atoms with Crippen molar-refractivity contribution in [2.24, 2.45) is 5.73 Å². The van der Waals surface area contributed by atoms with Gasteiger partial charge in [0.1, 0.15) is 11.4 Å². The monoisotopic (exact) mass is 274 g/mol. The zero-order chi connectivity index (χ0) is 14.4. The maximum absolute atomic E-state index is 5.69. The van der Waals surface area contributed by atoms with E-state index in [-0.39, 0.29) is 0 Å². The Morgan fingerprint density at radius 3 is 2.55 bits per heavy atom. The lowest BCUT2D eigenvalue weighted by molar-refractivity contribution is 0.306. The molecular formula is C16H22N2O2. The Balaban J connectivity index is 2.02. The van der Waals surface area contributed by atoms with Gasteiger partial charge < -0.3 is 15.0 Å². The fraction of sp³-hybridized carbons (Fsp3) is 0.438. The minimum Gasteiger partial charge on any atom is -0.494 e. The molecule has 0 aliphatic carbocycles. The first-order valence-electron chi connectivity index (χ1n) is 7.14. The molecule has 20 heavy (non-hydrogen) atoms. The number of nitrogens with zero attached hydrogens (tertiary/aromatic N) is 1. The van der Waals surface area contributed by atoms with Gasteiger partial charge in [0.2, 0.25) is 0 Å². The fourth-order valence-corrected chi connectivity index (χ4v) is 2.07. The molecule has 4 nitrogen and oxygen atoms in total. The second kappa shape index (κ2) is 7.10. The summed E-state index contributed by atoms with van der Waals surface area (Å²) >= 11 is 0. The van der Waals surface area contributed by atoms with Gasteiger partial charge in [0.15, 0.2) is 5.76 Å². The van der Waals surface area contributed by atoms with Crippen LogP contribution in [-0.4, -0.2) is 11.8 Å². The van der Waals surface area contributed by atoms with Crippen LogP contribution in [0.4, 0.5) is 0 Å². The molecule has 0 aliphatic heterocycles. The average molecular weight is 274 g/mol. The molecule has 0 spiro atoms. The molecule has 2 N–H and O–H groups in total. The van der Waals surface area contributed by atoms with Crippen LogP contribution in [0, 0.1) is 6.92 Å². The summed E-state index contributed by atoms with van der Waals surface area (Å²) in [6, 6.07) is 7.91. The number of unbranched alkanes of at least 4 members (excludes halogenated alkanes) is 2. The molecule has 2 aromatic rings. The van der Waals surface area contributed by atoms with Crippen molar-refractivity contribution in [3.8, 4) is 17.1 Å². The summed E-state index contributed by atoms with van der Waals surface area (Å²) in [6.45, 7) is 5.33. The molecule has 0 amide bonds. The first-order chi connectivity index (χ1) is 9.76. The molecule has 4 heteroatoms. The van der Waals surface area contributed by atoms with Crippen LogP contribution >= 0.6 is 0 Å². The summed E-state index contributed by atoms with van der Waals surface area (Å²) in [4.78, 5) is 0. The van der Waals surface area contributed by atoms with E-state index in [9.17, 15) is 0 Å². The molecule has 0 saturated heterocycles. The Morgan fingerprint density at radius 1 is 1.20 bits per heavy atom. The minimum absolute atomic E-state index is 0.397. The first kappa shape index (κ1) is 14.6. The van der Waals surface area contributed by atoms with Crippen LogP contribution in [0.15, 0.2) is 28.8 Å². The molecule has 1 aromatic carbocycles. The zero-order valence-corrected chi connectivity index (χ0v) is 12.2. The second-order valence-electron chi connectivity index (χ2n) is 4.87. The molecule has 0 saturated carbocycles. The lowest BCUT2D eigenvalue weighted by Crippen LogP contribution is -1.98. The third kappa shape index (κ3) is 3.39. The van der Waals surface area contributed by atoms with Crippen LogP contribution < -0.4 is 10.5 Å². The molecule has 1 aromatic heterocycles. The number of hydrogen-bond donors (Lipinski definition) is 1. The van der Waals surface area contributed by atoms with Gasteiger partial charge in [-0.15, -0.1) is 0 Å². The van der Waals surface area contributed by atoms with Gasteiger partial charge in [-0.2, -0.15) is 0 Å². The molecule has 2 rings (SSSR count). The summed E-state index contributed by atoms with van der Waals surface area (Å²) in [6.07, 6.45) is 3.51. The molecular weight excluding hydrogens is 252 g/mol. The topological polar surface area (TPSA) is 61.3 Å². The average Bonchev–Trinajstić information content (AvgIpc) is 2.85. The van der Waals surface area contributed by atoms with Crippen LogP contribution in [0.1, 0.15) is 37.4 Å². The SMILES string of the molecule is CCCCCOc1ccc(-c2onc(CN)c2C)cc1. The number of rotatable bonds is 7. The number of nitrogens with two attached hydrogens (primary N) is 1. The number of ether oxygens (including phenoxy) is 1. The predicted octanol–water partition coefficient (Wildman–Crippen LogP) is 3.68. The van der Waals surface area contributed by atoms with Gasteiger partial charge in [0.05, 0.1) is 6.61 Å². The standard InChI is InChI=1S/C16H22N2O2/c1-3-4-5-10-19-14-8-6-13(7-9-14)16-12(2)15(11-17)18-20-16/h6-9H,3-5,10-11,17H2,1-2H3. The van der Waals surface area contributed by atoms with E-state index < -0.39 is 0 Å². The van der Waals surface area contributed by atoms with Crippen molar-refractivity contribution in [2.75, 3.05) is 6.61 Å². The van der Waals surface area contributed by atoms with E-state index in [0.29, 0.717) is 6.54 Å². The Kier molecular flexibility index (Phi) is 5.18. The van der Waals surface area contributed by atoms with Crippen LogP contribution in [0.3, 0.4) is 0 Å². The van der Waals surface area contributed by atoms with Gasteiger partial charge in [-0.05, 0) is 37.6 Å². The van der Waals surface area contributed by atoms with Crippen molar-refractivity contribution in [3.05, 3.63) is 35.5 Å². The number of hydrogen-bond acceptors (Lipinski definition) is 4. The van der Waals surface area contributed by atoms with Crippen molar-refractivity contribution < 1.29 is 9.26 Å². The van der Waals surface area contributed by atoms with Crippen LogP contribution in [0.2, 0.25) is 0 Å². The second-order valence-corrected chi connectivity index (χ2v) is 4.87. The van der Waals surface area contributed by atoms with Crippen molar-refractivity contribution in [1.29, 1.82) is 0 Å². The lowest BCUT2D eigenvalue weighted by Gasteiger charge is -2.06. The van der Waals surface area contributed by atoms with Crippen molar-refractivity contribution in [3.63, 3.8) is 0 Å². The smallest absolute Gasteiger partial charge is 0.170 e. The van der Waals surface area contributed by atoms with Gasteiger partial charge in [0.25, 0.3) is 0 Å². The quantitative estimate of drug-likeness (QED) is 0.782. The molecule has 0 atom stereocenters. The van der Waals surface area contributed by atoms with E-state index in [1.165, 1.54) is 12.8 Å². The van der Waals surface area contributed by atoms with Gasteiger partial charge in [-0.3, -0.25) is 0 Å². The van der Waals surface area contributed by atoms with Gasteiger partial charge in [-0.1, -0.05) is 24.9 Å². The van der Waals surface area contributed by atoms with E-state index in [0.717, 1.165) is 41.4 Å². The van der Waals surface area contributed by atoms with Gasteiger partial charge in [0, 0.05) is 17.7 Å². The molecule has 0 fully saturated rings. The zero-order valence-electron chi connectivity index (χ0n) is 12.2. The molecule has 0 unspecified atom stereocenters. The third-order valence-corrected chi connectivity index (χ3v) is 3.35. The van der Waals surface area contributed by atoms with Crippen molar-refractivity contribution in [1.82, 2.24) is 5.16 Å². The molecule has 0 aliphatic rings. The lowest BCUT2D eigenvalue weighted by atomic mass is 10.1. The molecule has 108 valence electrons. The maximum atomic E-state index is 5.69. The first-order valence-corrected chi connectivity index (χ1v) is 7.14. The minimum atomic E-state index is 0.397. The summed E-state index contributed by atoms with van der Waals surface area (Å²) < 4.78 is 11.0. The Bertz CT molecular complexity index is 532. The molecule has 0 bridgehead atoms. The van der Waals surface area contributed by atoms with Crippen LogP contribution in [0.25, 0.3) is 11.3 Å². The Hall–Kier alpha value is -1.81. The van der Waals surface area contributed by atoms with E-state index >= 15 is 0 Å². The highest BCUT2D eigenvalue weighted by Gasteiger charge is 2.12. The van der Waals surface area contributed by atoms with Gasteiger partial charge in [-0.25, -0.2) is 0 Å². The normalized spacial score (nSPS) is 10.8. The Morgan fingerprint density at radius 2 is 1.95 bits per heavy atom. The maximum Gasteiger partial charge on any atom is 0.170 e. The summed E-state index contributed by atoms with van der Waals surface area (Å²) in [5.74, 6) is 1.67. The van der Waals surface area contributed by atoms with Crippen LogP contribution in [0.5, 0.6) is 5.75 Å². The van der Waals surface area contributed by atoms with Crippen molar-refractivity contribution in [2.45, 2.75) is 39.7 Å². The third-order valence-electron chi connectivity index (χ3n) is 3.35. The highest BCUT2D eigenvalue weighted by atomic mass is 16.5. The van der Waals surface area contributed by atoms with Crippen LogP contribution in [-0.2, 0) is 6.54 Å². The van der Waals surface area contributed by atoms with Gasteiger partial charge >= 0.3 is 0 Å². The van der Waals surface area contributed by atoms with E-state index in [1.54, 1.807) is 0 Å².